The molecule has 0 aliphatic carbocycles. The third-order valence-corrected chi connectivity index (χ3v) is 5.43. The van der Waals surface area contributed by atoms with Crippen LogP contribution in [0.4, 0.5) is 5.95 Å². The number of hydrogen-bond acceptors (Lipinski definition) is 3. The number of halogens is 2. The molecule has 1 aromatic heterocycles. The fourth-order valence-corrected chi connectivity index (χ4v) is 3.08. The number of aromatic nitrogens is 2. The van der Waals surface area contributed by atoms with Gasteiger partial charge in [-0.2, -0.15) is 0 Å². The Hall–Kier alpha value is -1.66. The van der Waals surface area contributed by atoms with E-state index in [-0.39, 0.29) is 5.75 Å². The summed E-state index contributed by atoms with van der Waals surface area (Å²) >= 11 is 7.02. The largest absolute Gasteiger partial charge is 0.507 e. The van der Waals surface area contributed by atoms with Crippen LogP contribution in [0.15, 0.2) is 44.3 Å². The molecule has 3 aromatic rings. The van der Waals surface area contributed by atoms with Crippen molar-refractivity contribution in [3.05, 3.63) is 50.4 Å². The number of benzene rings is 2. The Bertz CT molecular complexity index is 916. The first-order chi connectivity index (χ1) is 11.0. The predicted octanol–water partition coefficient (Wildman–Crippen LogP) is 5.35. The third kappa shape index (κ3) is 3.19. The Labute approximate surface area is 151 Å². The molecule has 0 fully saturated rings. The van der Waals surface area contributed by atoms with Gasteiger partial charge in [-0.25, -0.2) is 9.98 Å². The van der Waals surface area contributed by atoms with Crippen LogP contribution >= 0.6 is 31.9 Å². The van der Waals surface area contributed by atoms with E-state index < -0.39 is 0 Å². The van der Waals surface area contributed by atoms with Gasteiger partial charge in [-0.05, 0) is 70.0 Å². The Morgan fingerprint density at radius 1 is 1.22 bits per heavy atom. The van der Waals surface area contributed by atoms with Crippen LogP contribution in [0.1, 0.15) is 18.1 Å². The zero-order chi connectivity index (χ0) is 16.6. The maximum absolute atomic E-state index is 9.92. The highest BCUT2D eigenvalue weighted by molar-refractivity contribution is 9.13. The number of aromatic hydroxyl groups is 1. The molecule has 0 saturated heterocycles. The van der Waals surface area contributed by atoms with E-state index in [4.69, 9.17) is 0 Å². The highest BCUT2D eigenvalue weighted by atomic mass is 79.9. The first-order valence-electron chi connectivity index (χ1n) is 7.18. The van der Waals surface area contributed by atoms with Gasteiger partial charge >= 0.3 is 0 Å². The summed E-state index contributed by atoms with van der Waals surface area (Å²) in [5.41, 5.74) is 3.65. The van der Waals surface area contributed by atoms with Gasteiger partial charge in [0.15, 0.2) is 0 Å². The van der Waals surface area contributed by atoms with Gasteiger partial charge in [-0.15, -0.1) is 0 Å². The predicted molar refractivity (Wildman–Crippen MR) is 101 cm³/mol. The summed E-state index contributed by atoms with van der Waals surface area (Å²) in [7, 11) is 0. The SMILES string of the molecule is CCn1c(N=Cc2cc(C)ccc2O)nc2cc(Br)c(Br)cc21. The van der Waals surface area contributed by atoms with Crippen LogP contribution in [0.25, 0.3) is 11.0 Å². The van der Waals surface area contributed by atoms with Gasteiger partial charge in [0.05, 0.1) is 11.0 Å². The average Bonchev–Trinajstić information content (AvgIpc) is 2.85. The van der Waals surface area contributed by atoms with Crippen molar-refractivity contribution < 1.29 is 5.11 Å². The average molecular weight is 437 g/mol. The maximum Gasteiger partial charge on any atom is 0.230 e. The van der Waals surface area contributed by atoms with E-state index in [9.17, 15) is 5.11 Å². The Morgan fingerprint density at radius 3 is 2.70 bits per heavy atom. The van der Waals surface area contributed by atoms with Gasteiger partial charge in [-0.3, -0.25) is 0 Å². The molecule has 1 N–H and O–H groups in total. The molecular weight excluding hydrogens is 422 g/mol. The first kappa shape index (κ1) is 16.2. The van der Waals surface area contributed by atoms with E-state index in [1.54, 1.807) is 12.3 Å². The first-order valence-corrected chi connectivity index (χ1v) is 8.77. The monoisotopic (exact) mass is 435 g/mol. The Kier molecular flexibility index (Phi) is 4.55. The number of phenols is 1. The standard InChI is InChI=1S/C17H15Br2N3O/c1-3-22-15-8-13(19)12(18)7-14(15)21-17(22)20-9-11-6-10(2)4-5-16(11)23/h4-9,23H,3H2,1-2H3. The van der Waals surface area contributed by atoms with Gasteiger partial charge in [0, 0.05) is 27.3 Å². The van der Waals surface area contributed by atoms with Gasteiger partial charge in [0.25, 0.3) is 0 Å². The van der Waals surface area contributed by atoms with Crippen LogP contribution in [0.2, 0.25) is 0 Å². The Balaban J connectivity index is 2.09. The number of phenolic OH excluding ortho intramolecular Hbond substituents is 1. The van der Waals surface area contributed by atoms with Crippen molar-refractivity contribution in [1.29, 1.82) is 0 Å². The fraction of sp³-hybridized carbons (Fsp3) is 0.176. The molecule has 3 rings (SSSR count). The van der Waals surface area contributed by atoms with Crippen molar-refractivity contribution in [2.24, 2.45) is 4.99 Å². The number of aliphatic imine (C=N–C) groups is 1. The number of nitrogens with zero attached hydrogens (tertiary/aromatic N) is 3. The van der Waals surface area contributed by atoms with Crippen LogP contribution in [-0.4, -0.2) is 20.9 Å². The maximum atomic E-state index is 9.92. The molecule has 4 nitrogen and oxygen atoms in total. The molecule has 0 aliphatic heterocycles. The van der Waals surface area contributed by atoms with E-state index in [1.165, 1.54) is 0 Å². The molecule has 1 heterocycles. The second kappa shape index (κ2) is 6.45. The van der Waals surface area contributed by atoms with Crippen molar-refractivity contribution in [3.63, 3.8) is 0 Å². The molecule has 0 amide bonds. The molecule has 23 heavy (non-hydrogen) atoms. The molecule has 6 heteroatoms. The van der Waals surface area contributed by atoms with E-state index in [1.807, 2.05) is 35.8 Å². The van der Waals surface area contributed by atoms with Crippen molar-refractivity contribution in [2.75, 3.05) is 0 Å². The number of imidazole rings is 1. The topological polar surface area (TPSA) is 50.4 Å². The second-order valence-electron chi connectivity index (χ2n) is 5.23. The van der Waals surface area contributed by atoms with Crippen LogP contribution in [0.5, 0.6) is 5.75 Å². The van der Waals surface area contributed by atoms with E-state index in [0.717, 1.165) is 32.1 Å². The summed E-state index contributed by atoms with van der Waals surface area (Å²) in [6.45, 7) is 4.80. The number of fused-ring (bicyclic) bond motifs is 1. The van der Waals surface area contributed by atoms with Gasteiger partial charge in [0.1, 0.15) is 5.75 Å². The number of rotatable bonds is 3. The van der Waals surface area contributed by atoms with Crippen LogP contribution in [0, 0.1) is 6.92 Å². The Morgan fingerprint density at radius 2 is 1.96 bits per heavy atom. The molecule has 0 aliphatic rings. The van der Waals surface area contributed by atoms with Crippen LogP contribution in [0.3, 0.4) is 0 Å². The van der Waals surface area contributed by atoms with E-state index >= 15 is 0 Å². The zero-order valence-electron chi connectivity index (χ0n) is 12.7. The summed E-state index contributed by atoms with van der Waals surface area (Å²) in [6.07, 6.45) is 1.65. The smallest absolute Gasteiger partial charge is 0.230 e. The van der Waals surface area contributed by atoms with E-state index in [2.05, 4.69) is 48.8 Å². The van der Waals surface area contributed by atoms with Crippen molar-refractivity contribution in [2.45, 2.75) is 20.4 Å². The van der Waals surface area contributed by atoms with Crippen molar-refractivity contribution in [1.82, 2.24) is 9.55 Å². The summed E-state index contributed by atoms with van der Waals surface area (Å²) in [5, 5.41) is 9.92. The summed E-state index contributed by atoms with van der Waals surface area (Å²) in [6, 6.07) is 9.43. The lowest BCUT2D eigenvalue weighted by atomic mass is 10.1. The summed E-state index contributed by atoms with van der Waals surface area (Å²) in [5.74, 6) is 0.831. The van der Waals surface area contributed by atoms with E-state index in [0.29, 0.717) is 11.5 Å². The zero-order valence-corrected chi connectivity index (χ0v) is 15.9. The molecular formula is C17H15Br2N3O. The van der Waals surface area contributed by atoms with Gasteiger partial charge < -0.3 is 9.67 Å². The minimum Gasteiger partial charge on any atom is -0.507 e. The minimum atomic E-state index is 0.212. The second-order valence-corrected chi connectivity index (χ2v) is 6.94. The highest BCUT2D eigenvalue weighted by Gasteiger charge is 2.11. The lowest BCUT2D eigenvalue weighted by molar-refractivity contribution is 0.474. The minimum absolute atomic E-state index is 0.212. The third-order valence-electron chi connectivity index (χ3n) is 3.59. The molecule has 0 saturated carbocycles. The molecule has 0 spiro atoms. The molecule has 0 atom stereocenters. The number of hydrogen-bond donors (Lipinski definition) is 1. The fourth-order valence-electron chi connectivity index (χ4n) is 2.42. The van der Waals surface area contributed by atoms with Gasteiger partial charge in [-0.1, -0.05) is 11.6 Å². The van der Waals surface area contributed by atoms with Crippen molar-refractivity contribution >= 4 is 55.1 Å². The van der Waals surface area contributed by atoms with Crippen LogP contribution in [-0.2, 0) is 6.54 Å². The highest BCUT2D eigenvalue weighted by Crippen LogP contribution is 2.31. The quantitative estimate of drug-likeness (QED) is 0.563. The molecule has 2 aromatic carbocycles. The van der Waals surface area contributed by atoms with Crippen molar-refractivity contribution in [3.8, 4) is 5.75 Å². The molecule has 0 bridgehead atoms. The normalized spacial score (nSPS) is 11.7. The molecule has 0 unspecified atom stereocenters. The molecule has 118 valence electrons. The van der Waals surface area contributed by atoms with Crippen LogP contribution < -0.4 is 0 Å². The van der Waals surface area contributed by atoms with Gasteiger partial charge in [0.2, 0.25) is 5.95 Å². The summed E-state index contributed by atoms with van der Waals surface area (Å²) < 4.78 is 3.97. The molecule has 0 radical (unpaired) electrons. The lowest BCUT2D eigenvalue weighted by Crippen LogP contribution is -1.94. The summed E-state index contributed by atoms with van der Waals surface area (Å²) in [4.78, 5) is 9.07. The lowest BCUT2D eigenvalue weighted by Gasteiger charge is -2.03. The number of aryl methyl sites for hydroxylation is 2.